The fourth-order valence-corrected chi connectivity index (χ4v) is 4.26. The number of allylic oxidation sites excluding steroid dienone is 4. The number of aryl methyl sites for hydroxylation is 1. The van der Waals surface area contributed by atoms with E-state index in [9.17, 15) is 0 Å². The first kappa shape index (κ1) is 15.1. The van der Waals surface area contributed by atoms with Crippen molar-refractivity contribution < 1.29 is 0 Å². The van der Waals surface area contributed by atoms with Crippen LogP contribution >= 0.6 is 11.3 Å². The van der Waals surface area contributed by atoms with Crippen LogP contribution in [-0.4, -0.2) is 0 Å². The van der Waals surface area contributed by atoms with Gasteiger partial charge in [-0.25, -0.2) is 0 Å². The quantitative estimate of drug-likeness (QED) is 0.778. The summed E-state index contributed by atoms with van der Waals surface area (Å²) in [5, 5.41) is 0. The molecule has 0 atom stereocenters. The molecule has 1 aliphatic carbocycles. The Kier molecular flexibility index (Phi) is 4.24. The lowest BCUT2D eigenvalue weighted by molar-refractivity contribution is 0.317. The maximum Gasteiger partial charge on any atom is 0.0398 e. The minimum atomic E-state index is 0.421. The highest BCUT2D eigenvalue weighted by Crippen LogP contribution is 2.43. The smallest absolute Gasteiger partial charge is 0.0398 e. The first-order valence-electron chi connectivity index (χ1n) is 7.26. The Morgan fingerprint density at radius 2 is 2.10 bits per heavy atom. The van der Waals surface area contributed by atoms with Crippen LogP contribution in [0.1, 0.15) is 48.1 Å². The lowest BCUT2D eigenvalue weighted by Gasteiger charge is -2.29. The number of rotatable bonds is 3. The molecule has 108 valence electrons. The number of hydrogen-bond donors (Lipinski definition) is 1. The van der Waals surface area contributed by atoms with Crippen molar-refractivity contribution in [2.45, 2.75) is 47.0 Å². The molecule has 0 aromatic carbocycles. The Morgan fingerprint density at radius 1 is 1.40 bits per heavy atom. The molecule has 1 aliphatic rings. The van der Waals surface area contributed by atoms with E-state index >= 15 is 0 Å². The average Bonchev–Trinajstić information content (AvgIpc) is 2.71. The molecule has 0 fully saturated rings. The van der Waals surface area contributed by atoms with Crippen LogP contribution in [0.3, 0.4) is 0 Å². The maximum absolute atomic E-state index is 6.17. The highest BCUT2D eigenvalue weighted by atomic mass is 32.1. The summed E-state index contributed by atoms with van der Waals surface area (Å²) in [7, 11) is 0. The third-order valence-electron chi connectivity index (χ3n) is 4.19. The molecule has 0 saturated carbocycles. The van der Waals surface area contributed by atoms with E-state index in [1.807, 2.05) is 36.5 Å². The number of hydrogen-bond acceptors (Lipinski definition) is 2. The summed E-state index contributed by atoms with van der Waals surface area (Å²) in [5.74, 6) is 0. The second kappa shape index (κ2) is 5.61. The van der Waals surface area contributed by atoms with Gasteiger partial charge in [-0.1, -0.05) is 38.7 Å². The molecule has 20 heavy (non-hydrogen) atoms. The molecular formula is C18H25NS. The van der Waals surface area contributed by atoms with Gasteiger partial charge in [0.1, 0.15) is 0 Å². The van der Waals surface area contributed by atoms with Crippen LogP contribution < -0.4 is 5.73 Å². The maximum atomic E-state index is 6.17. The summed E-state index contributed by atoms with van der Waals surface area (Å²) in [6.07, 6.45) is 9.49. The second-order valence-electron chi connectivity index (χ2n) is 6.36. The molecule has 1 aromatic heterocycles. The van der Waals surface area contributed by atoms with E-state index < -0.39 is 0 Å². The van der Waals surface area contributed by atoms with E-state index in [0.29, 0.717) is 5.41 Å². The Balaban J connectivity index is 2.52. The van der Waals surface area contributed by atoms with Gasteiger partial charge in [0.05, 0.1) is 0 Å². The van der Waals surface area contributed by atoms with Crippen LogP contribution in [0, 0.1) is 12.3 Å². The van der Waals surface area contributed by atoms with Crippen LogP contribution in [0.4, 0.5) is 0 Å². The van der Waals surface area contributed by atoms with Crippen molar-refractivity contribution in [1.82, 2.24) is 0 Å². The van der Waals surface area contributed by atoms with Crippen LogP contribution in [0.25, 0.3) is 5.57 Å². The summed E-state index contributed by atoms with van der Waals surface area (Å²) in [4.78, 5) is 2.87. The van der Waals surface area contributed by atoms with Gasteiger partial charge in [0.25, 0.3) is 0 Å². The molecule has 1 heterocycles. The zero-order valence-corrected chi connectivity index (χ0v) is 13.9. The fraction of sp³-hybridized carbons (Fsp3) is 0.444. The SMILES string of the molecule is C=C/C=C(\C(N)=C/C)c1sc2c(c1C)CC(C)(C)CC2. The molecule has 0 aliphatic heterocycles. The van der Waals surface area contributed by atoms with Gasteiger partial charge in [-0.3, -0.25) is 0 Å². The summed E-state index contributed by atoms with van der Waals surface area (Å²) >= 11 is 1.92. The summed E-state index contributed by atoms with van der Waals surface area (Å²) in [5.41, 5.74) is 11.5. The molecule has 2 N–H and O–H groups in total. The lowest BCUT2D eigenvalue weighted by Crippen LogP contribution is -2.21. The van der Waals surface area contributed by atoms with E-state index in [1.54, 1.807) is 10.4 Å². The first-order chi connectivity index (χ1) is 9.39. The van der Waals surface area contributed by atoms with Gasteiger partial charge in [0.15, 0.2) is 0 Å². The third kappa shape index (κ3) is 2.76. The molecule has 0 saturated heterocycles. The third-order valence-corrected chi connectivity index (χ3v) is 5.62. The normalized spacial score (nSPS) is 18.8. The van der Waals surface area contributed by atoms with Crippen molar-refractivity contribution in [3.63, 3.8) is 0 Å². The van der Waals surface area contributed by atoms with Crippen LogP contribution in [0.15, 0.2) is 30.5 Å². The van der Waals surface area contributed by atoms with Gasteiger partial charge in [0, 0.05) is 21.0 Å². The Bertz CT molecular complexity index is 585. The molecule has 2 rings (SSSR count). The molecular weight excluding hydrogens is 262 g/mol. The first-order valence-corrected chi connectivity index (χ1v) is 8.07. The zero-order chi connectivity index (χ0) is 14.9. The summed E-state index contributed by atoms with van der Waals surface area (Å²) in [6, 6.07) is 0. The largest absolute Gasteiger partial charge is 0.398 e. The molecule has 0 unspecified atom stereocenters. The lowest BCUT2D eigenvalue weighted by atomic mass is 9.76. The van der Waals surface area contributed by atoms with Crippen molar-refractivity contribution in [3.05, 3.63) is 51.4 Å². The Morgan fingerprint density at radius 3 is 2.70 bits per heavy atom. The zero-order valence-electron chi connectivity index (χ0n) is 13.0. The topological polar surface area (TPSA) is 26.0 Å². The molecule has 2 heteroatoms. The van der Waals surface area contributed by atoms with Crippen LogP contribution in [0.2, 0.25) is 0 Å². The number of thiophene rings is 1. The average molecular weight is 287 g/mol. The van der Waals surface area contributed by atoms with Gasteiger partial charge in [-0.2, -0.15) is 0 Å². The number of fused-ring (bicyclic) bond motifs is 1. The molecule has 0 bridgehead atoms. The molecule has 0 radical (unpaired) electrons. The van der Waals surface area contributed by atoms with Gasteiger partial charge in [-0.15, -0.1) is 11.3 Å². The molecule has 1 aromatic rings. The summed E-state index contributed by atoms with van der Waals surface area (Å²) in [6.45, 7) is 12.8. The Hall–Kier alpha value is -1.28. The van der Waals surface area contributed by atoms with Gasteiger partial charge in [-0.05, 0) is 49.7 Å². The second-order valence-corrected chi connectivity index (χ2v) is 7.46. The number of nitrogens with two attached hydrogens (primary N) is 1. The molecule has 0 spiro atoms. The van der Waals surface area contributed by atoms with Gasteiger partial charge < -0.3 is 5.73 Å². The van der Waals surface area contributed by atoms with Crippen molar-refractivity contribution in [2.75, 3.05) is 0 Å². The van der Waals surface area contributed by atoms with Gasteiger partial charge in [0.2, 0.25) is 0 Å². The van der Waals surface area contributed by atoms with Crippen molar-refractivity contribution in [2.24, 2.45) is 11.1 Å². The monoisotopic (exact) mass is 287 g/mol. The van der Waals surface area contributed by atoms with E-state index in [0.717, 1.165) is 11.3 Å². The Labute approximate surface area is 126 Å². The van der Waals surface area contributed by atoms with E-state index in [2.05, 4.69) is 27.4 Å². The minimum Gasteiger partial charge on any atom is -0.398 e. The fourth-order valence-electron chi connectivity index (χ4n) is 2.89. The highest BCUT2D eigenvalue weighted by Gasteiger charge is 2.29. The predicted molar refractivity (Wildman–Crippen MR) is 91.0 cm³/mol. The van der Waals surface area contributed by atoms with Crippen molar-refractivity contribution in [1.29, 1.82) is 0 Å². The molecule has 0 amide bonds. The van der Waals surface area contributed by atoms with E-state index in [-0.39, 0.29) is 0 Å². The van der Waals surface area contributed by atoms with Gasteiger partial charge >= 0.3 is 0 Å². The van der Waals surface area contributed by atoms with Crippen LogP contribution in [0.5, 0.6) is 0 Å². The predicted octanol–water partition coefficient (Wildman–Crippen LogP) is 5.00. The van der Waals surface area contributed by atoms with Crippen molar-refractivity contribution in [3.8, 4) is 0 Å². The minimum absolute atomic E-state index is 0.421. The highest BCUT2D eigenvalue weighted by molar-refractivity contribution is 7.13. The van der Waals surface area contributed by atoms with E-state index in [1.165, 1.54) is 29.7 Å². The summed E-state index contributed by atoms with van der Waals surface area (Å²) < 4.78 is 0. The molecule has 1 nitrogen and oxygen atoms in total. The standard InChI is InChI=1S/C18H25NS/c1-6-8-13(15(19)7-2)17-12(3)14-11-18(4,5)10-9-16(14)20-17/h6-8H,1,9-11,19H2,2-5H3/b13-8+,15-7+. The van der Waals surface area contributed by atoms with Crippen molar-refractivity contribution >= 4 is 16.9 Å². The van der Waals surface area contributed by atoms with E-state index in [4.69, 9.17) is 5.73 Å². The van der Waals surface area contributed by atoms with Crippen LogP contribution in [-0.2, 0) is 12.8 Å².